The van der Waals surface area contributed by atoms with Crippen LogP contribution in [0.3, 0.4) is 0 Å². The highest BCUT2D eigenvalue weighted by Crippen LogP contribution is 2.22. The van der Waals surface area contributed by atoms with Crippen molar-refractivity contribution in [3.8, 4) is 0 Å². The largest absolute Gasteiger partial charge is 0.218 e. The molecule has 0 saturated heterocycles. The van der Waals surface area contributed by atoms with Gasteiger partial charge in [-0.2, -0.15) is 0 Å². The first-order valence-electron chi connectivity index (χ1n) is 4.68. The molecule has 1 heterocycles. The molecule has 2 nitrogen and oxygen atoms in total. The topological polar surface area (TPSA) is 25.8 Å². The molecule has 1 aromatic heterocycles. The Morgan fingerprint density at radius 3 is 2.18 bits per heavy atom. The van der Waals surface area contributed by atoms with Crippen LogP contribution in [0.1, 0.15) is 11.4 Å². The summed E-state index contributed by atoms with van der Waals surface area (Å²) in [7, 11) is 0. The van der Waals surface area contributed by atoms with Gasteiger partial charge in [-0.15, -0.1) is 0 Å². The zero-order chi connectivity index (χ0) is 12.4. The van der Waals surface area contributed by atoms with Crippen molar-refractivity contribution in [1.82, 2.24) is 9.97 Å². The maximum atomic E-state index is 13.1. The van der Waals surface area contributed by atoms with Gasteiger partial charge in [-0.05, 0) is 11.6 Å². The number of rotatable bonds is 2. The maximum Gasteiger partial charge on any atom is 0.197 e. The molecule has 0 bridgehead atoms. The van der Waals surface area contributed by atoms with Gasteiger partial charge >= 0.3 is 0 Å². The summed E-state index contributed by atoms with van der Waals surface area (Å²) in [6, 6.07) is 7.24. The highest BCUT2D eigenvalue weighted by molar-refractivity contribution is 6.33. The number of nitrogens with zero attached hydrogens (tertiary/aromatic N) is 2. The standard InChI is InChI=1S/C11H6Cl3FN2/c12-7-4-2-1-3-6(7)5-8-16-10(13)9(15)11(14)17-8/h1-4H,5H2. The molecular formula is C11H6Cl3FN2. The maximum absolute atomic E-state index is 13.1. The Labute approximate surface area is 112 Å². The molecule has 2 rings (SSSR count). The Hall–Kier alpha value is -0.900. The molecule has 1 aromatic carbocycles. The molecule has 0 N–H and O–H groups in total. The van der Waals surface area contributed by atoms with E-state index >= 15 is 0 Å². The Bertz CT molecular complexity index is 537. The molecule has 2 aromatic rings. The number of hydrogen-bond acceptors (Lipinski definition) is 2. The monoisotopic (exact) mass is 290 g/mol. The van der Waals surface area contributed by atoms with Crippen molar-refractivity contribution in [3.05, 3.63) is 56.8 Å². The summed E-state index contributed by atoms with van der Waals surface area (Å²) in [5, 5.41) is 0.0202. The first kappa shape index (κ1) is 12.6. The van der Waals surface area contributed by atoms with Gasteiger partial charge in [0.15, 0.2) is 16.1 Å². The molecule has 0 radical (unpaired) electrons. The minimum atomic E-state index is -0.809. The third kappa shape index (κ3) is 2.86. The van der Waals surface area contributed by atoms with Gasteiger partial charge in [0, 0.05) is 11.4 Å². The van der Waals surface area contributed by atoms with E-state index in [9.17, 15) is 4.39 Å². The van der Waals surface area contributed by atoms with Crippen LogP contribution in [0.2, 0.25) is 15.3 Å². The van der Waals surface area contributed by atoms with Crippen LogP contribution in [0.25, 0.3) is 0 Å². The first-order chi connectivity index (χ1) is 8.08. The minimum absolute atomic E-state index is 0.285. The average Bonchev–Trinajstić information content (AvgIpc) is 2.29. The summed E-state index contributed by atoms with van der Waals surface area (Å²) < 4.78 is 13.1. The van der Waals surface area contributed by atoms with Crippen molar-refractivity contribution < 1.29 is 4.39 Å². The Kier molecular flexibility index (Phi) is 3.82. The molecule has 6 heteroatoms. The molecule has 0 aliphatic carbocycles. The van der Waals surface area contributed by atoms with Gasteiger partial charge in [-0.1, -0.05) is 53.0 Å². The first-order valence-corrected chi connectivity index (χ1v) is 5.82. The van der Waals surface area contributed by atoms with Crippen LogP contribution in [0, 0.1) is 5.82 Å². The molecular weight excluding hydrogens is 285 g/mol. The summed E-state index contributed by atoms with van der Waals surface area (Å²) in [5.41, 5.74) is 0.827. The molecule has 0 saturated carbocycles. The van der Waals surface area contributed by atoms with Gasteiger partial charge in [0.05, 0.1) is 0 Å². The third-order valence-electron chi connectivity index (χ3n) is 2.12. The van der Waals surface area contributed by atoms with Crippen LogP contribution >= 0.6 is 34.8 Å². The van der Waals surface area contributed by atoms with E-state index in [2.05, 4.69) is 9.97 Å². The SMILES string of the molecule is Fc1c(Cl)nc(Cc2ccccc2Cl)nc1Cl. The fourth-order valence-electron chi connectivity index (χ4n) is 1.33. The number of halogens is 4. The van der Waals surface area contributed by atoms with Crippen molar-refractivity contribution in [2.45, 2.75) is 6.42 Å². The second kappa shape index (κ2) is 5.17. The summed E-state index contributed by atoms with van der Waals surface area (Å²) in [6.07, 6.45) is 0.347. The van der Waals surface area contributed by atoms with Crippen molar-refractivity contribution in [2.75, 3.05) is 0 Å². The van der Waals surface area contributed by atoms with Crippen molar-refractivity contribution in [1.29, 1.82) is 0 Å². The molecule has 0 fully saturated rings. The molecule has 0 aliphatic rings. The predicted molar refractivity (Wildman–Crippen MR) is 66.3 cm³/mol. The van der Waals surface area contributed by atoms with Gasteiger partial charge in [-0.3, -0.25) is 0 Å². The Balaban J connectivity index is 2.34. The lowest BCUT2D eigenvalue weighted by Gasteiger charge is -2.04. The van der Waals surface area contributed by atoms with Gasteiger partial charge in [0.1, 0.15) is 5.82 Å². The molecule has 0 unspecified atom stereocenters. The van der Waals surface area contributed by atoms with Crippen LogP contribution in [0.15, 0.2) is 24.3 Å². The van der Waals surface area contributed by atoms with E-state index in [4.69, 9.17) is 34.8 Å². The van der Waals surface area contributed by atoms with E-state index in [0.29, 0.717) is 17.3 Å². The van der Waals surface area contributed by atoms with Crippen LogP contribution < -0.4 is 0 Å². The van der Waals surface area contributed by atoms with Gasteiger partial charge in [0.25, 0.3) is 0 Å². The zero-order valence-electron chi connectivity index (χ0n) is 8.42. The smallest absolute Gasteiger partial charge is 0.197 e. The molecule has 0 amide bonds. The molecule has 0 atom stereocenters. The highest BCUT2D eigenvalue weighted by Gasteiger charge is 2.12. The van der Waals surface area contributed by atoms with Gasteiger partial charge in [0.2, 0.25) is 0 Å². The van der Waals surface area contributed by atoms with Gasteiger partial charge < -0.3 is 0 Å². The minimum Gasteiger partial charge on any atom is -0.218 e. The molecule has 17 heavy (non-hydrogen) atoms. The third-order valence-corrected chi connectivity index (χ3v) is 2.99. The lowest BCUT2D eigenvalue weighted by atomic mass is 10.1. The highest BCUT2D eigenvalue weighted by atomic mass is 35.5. The van der Waals surface area contributed by atoms with Gasteiger partial charge in [-0.25, -0.2) is 14.4 Å². The van der Waals surface area contributed by atoms with Crippen molar-refractivity contribution >= 4 is 34.8 Å². The second-order valence-electron chi connectivity index (χ2n) is 3.30. The molecule has 88 valence electrons. The number of benzene rings is 1. The Morgan fingerprint density at radius 2 is 1.59 bits per heavy atom. The van der Waals surface area contributed by atoms with E-state index in [1.165, 1.54) is 0 Å². The van der Waals surface area contributed by atoms with E-state index in [1.807, 2.05) is 18.2 Å². The Morgan fingerprint density at radius 1 is 1.00 bits per heavy atom. The second-order valence-corrected chi connectivity index (χ2v) is 4.43. The molecule has 0 spiro atoms. The predicted octanol–water partition coefficient (Wildman–Crippen LogP) is 4.17. The van der Waals surface area contributed by atoms with Crippen LogP contribution in [0.5, 0.6) is 0 Å². The van der Waals surface area contributed by atoms with Crippen molar-refractivity contribution in [3.63, 3.8) is 0 Å². The summed E-state index contributed by atoms with van der Waals surface area (Å²) in [5.74, 6) is -0.481. The lowest BCUT2D eigenvalue weighted by molar-refractivity contribution is 0.611. The normalized spacial score (nSPS) is 10.6. The van der Waals surface area contributed by atoms with E-state index in [-0.39, 0.29) is 10.3 Å². The summed E-state index contributed by atoms with van der Waals surface area (Å²) in [6.45, 7) is 0. The summed E-state index contributed by atoms with van der Waals surface area (Å²) in [4.78, 5) is 7.61. The fourth-order valence-corrected chi connectivity index (χ4v) is 1.95. The molecule has 0 aliphatic heterocycles. The average molecular weight is 292 g/mol. The lowest BCUT2D eigenvalue weighted by Crippen LogP contribution is -2.00. The summed E-state index contributed by atoms with van der Waals surface area (Å²) >= 11 is 17.2. The number of hydrogen-bond donors (Lipinski definition) is 0. The fraction of sp³-hybridized carbons (Fsp3) is 0.0909. The van der Waals surface area contributed by atoms with E-state index in [0.717, 1.165) is 5.56 Å². The van der Waals surface area contributed by atoms with E-state index in [1.54, 1.807) is 6.07 Å². The quantitative estimate of drug-likeness (QED) is 0.776. The van der Waals surface area contributed by atoms with Crippen LogP contribution in [0.4, 0.5) is 4.39 Å². The van der Waals surface area contributed by atoms with Crippen molar-refractivity contribution in [2.24, 2.45) is 0 Å². The van der Waals surface area contributed by atoms with Crippen LogP contribution in [-0.4, -0.2) is 9.97 Å². The zero-order valence-corrected chi connectivity index (χ0v) is 10.7. The van der Waals surface area contributed by atoms with E-state index < -0.39 is 5.82 Å². The van der Waals surface area contributed by atoms with Crippen LogP contribution in [-0.2, 0) is 6.42 Å². The number of aromatic nitrogens is 2.